The highest BCUT2D eigenvalue weighted by atomic mass is 16.7. The SMILES string of the molecule is CCc1ccc(C2/C(=C(/O)c3ccc4c(c3)OCO4)C(=O)C(=O)N2c2ccc(CC(=O)O)cc2)cc1. The number of nitrogens with zero attached hydrogens (tertiary/aromatic N) is 1. The molecule has 2 N–H and O–H groups in total. The standard InChI is InChI=1S/C28H23NO7/c1-2-16-3-7-18(8-4-16)25-24(26(32)19-9-12-21-22(14-19)36-15-35-21)27(33)28(34)29(25)20-10-5-17(6-11-20)13-23(30)31/h3-12,14,25,32H,2,13,15H2,1H3,(H,30,31)/b26-24-. The second-order valence-corrected chi connectivity index (χ2v) is 8.57. The Morgan fingerprint density at radius 1 is 0.917 bits per heavy atom. The second-order valence-electron chi connectivity index (χ2n) is 8.57. The van der Waals surface area contributed by atoms with E-state index in [0.717, 1.165) is 12.0 Å². The molecule has 2 heterocycles. The first kappa shape index (κ1) is 23.2. The smallest absolute Gasteiger partial charge is 0.307 e. The van der Waals surface area contributed by atoms with E-state index >= 15 is 0 Å². The quantitative estimate of drug-likeness (QED) is 0.305. The maximum absolute atomic E-state index is 13.3. The van der Waals surface area contributed by atoms with E-state index in [2.05, 4.69) is 0 Å². The van der Waals surface area contributed by atoms with Crippen LogP contribution in [0.5, 0.6) is 11.5 Å². The van der Waals surface area contributed by atoms with Gasteiger partial charge in [-0.1, -0.05) is 43.3 Å². The predicted octanol–water partition coefficient (Wildman–Crippen LogP) is 4.23. The third-order valence-corrected chi connectivity index (χ3v) is 6.36. The average Bonchev–Trinajstić information content (AvgIpc) is 3.46. The third-order valence-electron chi connectivity index (χ3n) is 6.36. The van der Waals surface area contributed by atoms with Crippen molar-refractivity contribution in [2.75, 3.05) is 11.7 Å². The number of aliphatic hydroxyl groups is 1. The maximum atomic E-state index is 13.3. The lowest BCUT2D eigenvalue weighted by Crippen LogP contribution is -2.29. The van der Waals surface area contributed by atoms with Gasteiger partial charge in [0, 0.05) is 11.3 Å². The average molecular weight is 485 g/mol. The molecule has 5 rings (SSSR count). The predicted molar refractivity (Wildman–Crippen MR) is 131 cm³/mol. The van der Waals surface area contributed by atoms with Crippen LogP contribution in [0.4, 0.5) is 5.69 Å². The van der Waals surface area contributed by atoms with Gasteiger partial charge in [0.05, 0.1) is 18.0 Å². The highest BCUT2D eigenvalue weighted by Gasteiger charge is 2.47. The van der Waals surface area contributed by atoms with Crippen LogP contribution in [0.1, 0.15) is 35.2 Å². The summed E-state index contributed by atoms with van der Waals surface area (Å²) in [7, 11) is 0. The Labute approximate surface area is 207 Å². The van der Waals surface area contributed by atoms with Crippen LogP contribution in [0.2, 0.25) is 0 Å². The minimum Gasteiger partial charge on any atom is -0.507 e. The molecule has 0 radical (unpaired) electrons. The monoisotopic (exact) mass is 485 g/mol. The van der Waals surface area contributed by atoms with Crippen molar-refractivity contribution in [1.29, 1.82) is 0 Å². The summed E-state index contributed by atoms with van der Waals surface area (Å²) in [6.45, 7) is 2.09. The van der Waals surface area contributed by atoms with Crippen molar-refractivity contribution in [1.82, 2.24) is 0 Å². The van der Waals surface area contributed by atoms with Gasteiger partial charge in [-0.3, -0.25) is 19.3 Å². The molecule has 1 saturated heterocycles. The lowest BCUT2D eigenvalue weighted by atomic mass is 9.94. The zero-order chi connectivity index (χ0) is 25.4. The number of amides is 1. The molecular weight excluding hydrogens is 462 g/mol. The van der Waals surface area contributed by atoms with Crippen LogP contribution in [0, 0.1) is 0 Å². The number of rotatable bonds is 6. The number of hydrogen-bond acceptors (Lipinski definition) is 6. The molecule has 0 bridgehead atoms. The lowest BCUT2D eigenvalue weighted by Gasteiger charge is -2.26. The summed E-state index contributed by atoms with van der Waals surface area (Å²) < 4.78 is 10.7. The number of carbonyl (C=O) groups is 3. The molecule has 0 spiro atoms. The molecule has 8 heteroatoms. The van der Waals surface area contributed by atoms with Crippen LogP contribution in [-0.2, 0) is 27.2 Å². The van der Waals surface area contributed by atoms with Gasteiger partial charge >= 0.3 is 5.97 Å². The van der Waals surface area contributed by atoms with E-state index in [-0.39, 0.29) is 24.5 Å². The van der Waals surface area contributed by atoms with Crippen molar-refractivity contribution in [3.05, 3.63) is 94.6 Å². The lowest BCUT2D eigenvalue weighted by molar-refractivity contribution is -0.136. The fourth-order valence-corrected chi connectivity index (χ4v) is 4.50. The molecule has 3 aromatic rings. The fraction of sp³-hybridized carbons (Fsp3) is 0.179. The van der Waals surface area contributed by atoms with Gasteiger partial charge in [-0.05, 0) is 53.4 Å². The minimum absolute atomic E-state index is 0.0438. The number of fused-ring (bicyclic) bond motifs is 1. The van der Waals surface area contributed by atoms with Crippen LogP contribution < -0.4 is 14.4 Å². The Morgan fingerprint density at radius 2 is 1.58 bits per heavy atom. The molecule has 3 aromatic carbocycles. The molecule has 2 aliphatic rings. The van der Waals surface area contributed by atoms with Crippen LogP contribution in [-0.4, -0.2) is 34.7 Å². The number of Topliss-reactive ketones (excluding diaryl/α,β-unsaturated/α-hetero) is 1. The topological polar surface area (TPSA) is 113 Å². The number of ketones is 1. The number of carboxylic acids is 1. The zero-order valence-corrected chi connectivity index (χ0v) is 19.4. The number of anilines is 1. The maximum Gasteiger partial charge on any atom is 0.307 e. The van der Waals surface area contributed by atoms with Crippen molar-refractivity contribution >= 4 is 29.1 Å². The van der Waals surface area contributed by atoms with E-state index in [1.165, 1.54) is 4.90 Å². The molecule has 182 valence electrons. The number of hydrogen-bond donors (Lipinski definition) is 2. The highest BCUT2D eigenvalue weighted by Crippen LogP contribution is 2.43. The molecule has 0 aromatic heterocycles. The molecule has 1 atom stereocenters. The molecule has 0 saturated carbocycles. The fourth-order valence-electron chi connectivity index (χ4n) is 4.50. The van der Waals surface area contributed by atoms with Crippen molar-refractivity contribution in [2.45, 2.75) is 25.8 Å². The molecular formula is C28H23NO7. The van der Waals surface area contributed by atoms with Crippen molar-refractivity contribution in [3.8, 4) is 11.5 Å². The molecule has 1 unspecified atom stereocenters. The van der Waals surface area contributed by atoms with E-state index in [4.69, 9.17) is 14.6 Å². The van der Waals surface area contributed by atoms with E-state index in [1.807, 2.05) is 31.2 Å². The van der Waals surface area contributed by atoms with Gasteiger partial charge in [-0.2, -0.15) is 0 Å². The van der Waals surface area contributed by atoms with Gasteiger partial charge in [0.2, 0.25) is 6.79 Å². The molecule has 0 aliphatic carbocycles. The first-order valence-corrected chi connectivity index (χ1v) is 11.5. The number of benzene rings is 3. The van der Waals surface area contributed by atoms with Crippen LogP contribution in [0.3, 0.4) is 0 Å². The third kappa shape index (κ3) is 4.07. The Bertz CT molecular complexity index is 1390. The zero-order valence-electron chi connectivity index (χ0n) is 19.4. The number of aryl methyl sites for hydroxylation is 1. The molecule has 8 nitrogen and oxygen atoms in total. The normalized spacial score (nSPS) is 18.0. The molecule has 1 amide bonds. The molecule has 36 heavy (non-hydrogen) atoms. The summed E-state index contributed by atoms with van der Waals surface area (Å²) in [5, 5.41) is 20.4. The number of aliphatic hydroxyl groups excluding tert-OH is 1. The summed E-state index contributed by atoms with van der Waals surface area (Å²) in [4.78, 5) is 39.0. The summed E-state index contributed by atoms with van der Waals surface area (Å²) in [6, 6.07) is 17.9. The Kier molecular flexibility index (Phi) is 5.93. The largest absolute Gasteiger partial charge is 0.507 e. The Balaban J connectivity index is 1.64. The number of ether oxygens (including phenoxy) is 2. The summed E-state index contributed by atoms with van der Waals surface area (Å²) >= 11 is 0. The van der Waals surface area contributed by atoms with E-state index < -0.39 is 23.7 Å². The summed E-state index contributed by atoms with van der Waals surface area (Å²) in [6.07, 6.45) is 0.661. The number of carboxylic acid groups (broad SMARTS) is 1. The minimum atomic E-state index is -0.970. The summed E-state index contributed by atoms with van der Waals surface area (Å²) in [5.74, 6) is -1.92. The number of carbonyl (C=O) groups excluding carboxylic acids is 2. The number of aliphatic carboxylic acids is 1. The van der Waals surface area contributed by atoms with E-state index in [0.29, 0.717) is 33.9 Å². The highest BCUT2D eigenvalue weighted by molar-refractivity contribution is 6.51. The van der Waals surface area contributed by atoms with Gasteiger partial charge in [0.25, 0.3) is 11.7 Å². The van der Waals surface area contributed by atoms with Crippen molar-refractivity contribution < 1.29 is 34.1 Å². The van der Waals surface area contributed by atoms with Gasteiger partial charge in [-0.15, -0.1) is 0 Å². The van der Waals surface area contributed by atoms with Crippen LogP contribution in [0.15, 0.2) is 72.3 Å². The Morgan fingerprint density at radius 3 is 2.25 bits per heavy atom. The first-order chi connectivity index (χ1) is 17.4. The van der Waals surface area contributed by atoms with Crippen LogP contribution in [0.25, 0.3) is 5.76 Å². The Hall–Kier alpha value is -4.59. The van der Waals surface area contributed by atoms with Crippen molar-refractivity contribution in [2.24, 2.45) is 0 Å². The van der Waals surface area contributed by atoms with Gasteiger partial charge in [0.1, 0.15) is 5.76 Å². The molecule has 2 aliphatic heterocycles. The van der Waals surface area contributed by atoms with Crippen molar-refractivity contribution in [3.63, 3.8) is 0 Å². The summed E-state index contributed by atoms with van der Waals surface area (Å²) in [5.41, 5.74) is 3.00. The first-order valence-electron chi connectivity index (χ1n) is 11.5. The van der Waals surface area contributed by atoms with Gasteiger partial charge < -0.3 is 19.7 Å². The van der Waals surface area contributed by atoms with E-state index in [9.17, 15) is 19.5 Å². The molecule has 1 fully saturated rings. The van der Waals surface area contributed by atoms with Gasteiger partial charge in [0.15, 0.2) is 11.5 Å². The van der Waals surface area contributed by atoms with Crippen LogP contribution >= 0.6 is 0 Å². The second kappa shape index (κ2) is 9.22. The van der Waals surface area contributed by atoms with E-state index in [1.54, 1.807) is 42.5 Å². The van der Waals surface area contributed by atoms with Gasteiger partial charge in [-0.25, -0.2) is 0 Å².